The molecule has 0 aromatic carbocycles. The molecule has 1 fully saturated rings. The van der Waals surface area contributed by atoms with Gasteiger partial charge >= 0.3 is 0 Å². The highest BCUT2D eigenvalue weighted by Crippen LogP contribution is 2.36. The third-order valence-corrected chi connectivity index (χ3v) is 3.78. The Morgan fingerprint density at radius 1 is 1.40 bits per heavy atom. The zero-order valence-electron chi connectivity index (χ0n) is 10.3. The maximum atomic E-state index is 10.0. The van der Waals surface area contributed by atoms with Crippen molar-refractivity contribution in [1.29, 1.82) is 0 Å². The number of anilines is 1. The van der Waals surface area contributed by atoms with Crippen LogP contribution in [0.25, 0.3) is 11.0 Å². The van der Waals surface area contributed by atoms with Crippen LogP contribution in [0.15, 0.2) is 18.5 Å². The van der Waals surface area contributed by atoms with Crippen LogP contribution in [0.2, 0.25) is 5.02 Å². The lowest BCUT2D eigenvalue weighted by molar-refractivity contribution is -0.0508. The summed E-state index contributed by atoms with van der Waals surface area (Å²) in [6, 6.07) is 1.62. The molecule has 0 radical (unpaired) electrons. The van der Waals surface area contributed by atoms with Crippen LogP contribution in [-0.2, 0) is 4.74 Å². The zero-order valence-corrected chi connectivity index (χ0v) is 11.1. The van der Waals surface area contributed by atoms with Gasteiger partial charge in [-0.15, -0.1) is 0 Å². The van der Waals surface area contributed by atoms with Crippen molar-refractivity contribution in [2.75, 3.05) is 12.3 Å². The van der Waals surface area contributed by atoms with Crippen LogP contribution in [0.4, 0.5) is 5.69 Å². The fourth-order valence-electron chi connectivity index (χ4n) is 2.46. The number of aliphatic hydroxyl groups excluding tert-OH is 3. The highest BCUT2D eigenvalue weighted by Gasteiger charge is 2.43. The predicted octanol–water partition coefficient (Wildman–Crippen LogP) is -0.117. The first-order valence-corrected chi connectivity index (χ1v) is 6.45. The number of fused-ring (bicyclic) bond motifs is 1. The molecule has 2 aromatic heterocycles. The van der Waals surface area contributed by atoms with Crippen molar-refractivity contribution >= 4 is 28.3 Å². The van der Waals surface area contributed by atoms with Gasteiger partial charge in [0.05, 0.1) is 17.0 Å². The summed E-state index contributed by atoms with van der Waals surface area (Å²) in [6.45, 7) is -0.392. The molecule has 1 aliphatic rings. The van der Waals surface area contributed by atoms with Crippen LogP contribution >= 0.6 is 11.6 Å². The molecule has 7 nitrogen and oxygen atoms in total. The summed E-state index contributed by atoms with van der Waals surface area (Å²) in [5.74, 6) is 0. The number of hydrogen-bond acceptors (Lipinski definition) is 6. The lowest BCUT2D eigenvalue weighted by Gasteiger charge is -2.17. The van der Waals surface area contributed by atoms with Crippen LogP contribution in [0, 0.1) is 0 Å². The molecule has 5 N–H and O–H groups in total. The maximum Gasteiger partial charge on any atom is 0.164 e. The van der Waals surface area contributed by atoms with Crippen LogP contribution < -0.4 is 5.73 Å². The fraction of sp³-hybridized carbons (Fsp3) is 0.417. The summed E-state index contributed by atoms with van der Waals surface area (Å²) in [5.41, 5.74) is 6.77. The van der Waals surface area contributed by atoms with E-state index in [4.69, 9.17) is 27.2 Å². The molecule has 0 bridgehead atoms. The first kappa shape index (κ1) is 13.6. The molecule has 3 rings (SSSR count). The molecule has 4 atom stereocenters. The Balaban J connectivity index is 2.10. The van der Waals surface area contributed by atoms with Gasteiger partial charge in [-0.2, -0.15) is 0 Å². The first-order valence-electron chi connectivity index (χ1n) is 6.07. The second-order valence-electron chi connectivity index (χ2n) is 4.71. The average molecular weight is 300 g/mol. The minimum absolute atomic E-state index is 0.378. The summed E-state index contributed by atoms with van der Waals surface area (Å²) in [4.78, 5) is 4.18. The molecule has 3 heterocycles. The second kappa shape index (κ2) is 4.87. The minimum Gasteiger partial charge on any atom is -0.398 e. The number of nitrogens with two attached hydrogens (primary N) is 1. The first-order chi connectivity index (χ1) is 9.54. The van der Waals surface area contributed by atoms with E-state index in [0.717, 1.165) is 0 Å². The third kappa shape index (κ3) is 1.87. The molecule has 8 heteroatoms. The number of ether oxygens (including phenoxy) is 1. The Bertz CT molecular complexity index is 647. The quantitative estimate of drug-likeness (QED) is 0.615. The number of nitrogens with zero attached hydrogens (tertiary/aromatic N) is 2. The zero-order chi connectivity index (χ0) is 14.4. The van der Waals surface area contributed by atoms with E-state index in [-0.39, 0.29) is 0 Å². The van der Waals surface area contributed by atoms with E-state index < -0.39 is 31.1 Å². The van der Waals surface area contributed by atoms with E-state index in [1.807, 2.05) is 0 Å². The molecule has 20 heavy (non-hydrogen) atoms. The van der Waals surface area contributed by atoms with Crippen molar-refractivity contribution in [3.8, 4) is 0 Å². The van der Waals surface area contributed by atoms with E-state index >= 15 is 0 Å². The SMILES string of the molecule is Nc1ccnc2c1c(Cl)cn2[C@@H]1O[C@H](CO)[C@@H](O)[C@H]1O. The number of rotatable bonds is 2. The number of hydrogen-bond donors (Lipinski definition) is 4. The molecule has 108 valence electrons. The molecule has 0 unspecified atom stereocenters. The summed E-state index contributed by atoms with van der Waals surface area (Å²) in [6.07, 6.45) is -1.05. The van der Waals surface area contributed by atoms with Gasteiger partial charge < -0.3 is 30.4 Å². The summed E-state index contributed by atoms with van der Waals surface area (Å²) >= 11 is 6.13. The standard InChI is InChI=1S/C12H14ClN3O4/c13-5-3-16(11-8(5)6(14)1-2-15-11)12-10(19)9(18)7(4-17)20-12/h1-3,7,9-10,12,17-19H,4H2,(H2,14,15)/t7-,9-,10-,12-/m1/s1. The largest absolute Gasteiger partial charge is 0.398 e. The van der Waals surface area contributed by atoms with E-state index in [1.54, 1.807) is 6.07 Å². The molecule has 0 spiro atoms. The van der Waals surface area contributed by atoms with Crippen molar-refractivity contribution in [2.24, 2.45) is 0 Å². The lowest BCUT2D eigenvalue weighted by Crippen LogP contribution is -2.33. The van der Waals surface area contributed by atoms with E-state index in [1.165, 1.54) is 17.0 Å². The fourth-order valence-corrected chi connectivity index (χ4v) is 2.76. The summed E-state index contributed by atoms with van der Waals surface area (Å²) < 4.78 is 6.97. The molecule has 2 aromatic rings. The number of halogens is 1. The summed E-state index contributed by atoms with van der Waals surface area (Å²) in [5, 5.41) is 29.9. The van der Waals surface area contributed by atoms with Gasteiger partial charge in [-0.3, -0.25) is 0 Å². The van der Waals surface area contributed by atoms with Crippen molar-refractivity contribution in [1.82, 2.24) is 9.55 Å². The maximum absolute atomic E-state index is 10.0. The Morgan fingerprint density at radius 3 is 2.80 bits per heavy atom. The number of nitrogen functional groups attached to an aromatic ring is 1. The molecule has 0 aliphatic carbocycles. The van der Waals surface area contributed by atoms with Gasteiger partial charge in [0.25, 0.3) is 0 Å². The average Bonchev–Trinajstić information content (AvgIpc) is 2.90. The predicted molar refractivity (Wildman–Crippen MR) is 72.2 cm³/mol. The number of aromatic nitrogens is 2. The minimum atomic E-state index is -1.19. The van der Waals surface area contributed by atoms with Crippen LogP contribution in [0.3, 0.4) is 0 Å². The van der Waals surface area contributed by atoms with Crippen molar-refractivity contribution in [3.05, 3.63) is 23.5 Å². The molecule has 1 aliphatic heterocycles. The Labute approximate surface area is 119 Å². The van der Waals surface area contributed by atoms with Crippen molar-refractivity contribution < 1.29 is 20.1 Å². The monoisotopic (exact) mass is 299 g/mol. The molecule has 0 amide bonds. The van der Waals surface area contributed by atoms with Gasteiger partial charge in [0, 0.05) is 18.1 Å². The van der Waals surface area contributed by atoms with Gasteiger partial charge in [0.2, 0.25) is 0 Å². The van der Waals surface area contributed by atoms with Crippen LogP contribution in [0.1, 0.15) is 6.23 Å². The Kier molecular flexibility index (Phi) is 3.31. The molecular weight excluding hydrogens is 286 g/mol. The molecular formula is C12H14ClN3O4. The van der Waals surface area contributed by atoms with E-state index in [0.29, 0.717) is 21.7 Å². The normalized spacial score (nSPS) is 30.2. The third-order valence-electron chi connectivity index (χ3n) is 3.49. The lowest BCUT2D eigenvalue weighted by atomic mass is 10.1. The van der Waals surface area contributed by atoms with Crippen LogP contribution in [-0.4, -0.2) is 49.8 Å². The van der Waals surface area contributed by atoms with Crippen LogP contribution in [0.5, 0.6) is 0 Å². The molecule has 1 saturated heterocycles. The summed E-state index contributed by atoms with van der Waals surface area (Å²) in [7, 11) is 0. The van der Waals surface area contributed by atoms with Gasteiger partial charge in [-0.05, 0) is 6.07 Å². The Hall–Kier alpha value is -1.38. The highest BCUT2D eigenvalue weighted by atomic mass is 35.5. The van der Waals surface area contributed by atoms with Crippen molar-refractivity contribution in [3.63, 3.8) is 0 Å². The Morgan fingerprint density at radius 2 is 2.15 bits per heavy atom. The number of pyridine rings is 1. The van der Waals surface area contributed by atoms with E-state index in [9.17, 15) is 10.2 Å². The van der Waals surface area contributed by atoms with Gasteiger partial charge in [0.1, 0.15) is 24.0 Å². The van der Waals surface area contributed by atoms with Crippen molar-refractivity contribution in [2.45, 2.75) is 24.5 Å². The van der Waals surface area contributed by atoms with Gasteiger partial charge in [-0.25, -0.2) is 4.98 Å². The van der Waals surface area contributed by atoms with Gasteiger partial charge in [0.15, 0.2) is 6.23 Å². The number of aliphatic hydroxyl groups is 3. The molecule has 0 saturated carbocycles. The second-order valence-corrected chi connectivity index (χ2v) is 5.12. The van der Waals surface area contributed by atoms with Gasteiger partial charge in [-0.1, -0.05) is 11.6 Å². The highest BCUT2D eigenvalue weighted by molar-refractivity contribution is 6.36. The smallest absolute Gasteiger partial charge is 0.164 e. The topological polar surface area (TPSA) is 114 Å². The van der Waals surface area contributed by atoms with E-state index in [2.05, 4.69) is 4.98 Å².